The van der Waals surface area contributed by atoms with Crippen molar-refractivity contribution < 1.29 is 4.79 Å². The third kappa shape index (κ3) is 4.14. The predicted molar refractivity (Wildman–Crippen MR) is 84.3 cm³/mol. The van der Waals surface area contributed by atoms with Gasteiger partial charge >= 0.3 is 0 Å². The van der Waals surface area contributed by atoms with E-state index in [2.05, 4.69) is 10.6 Å². The first kappa shape index (κ1) is 15.2. The van der Waals surface area contributed by atoms with Gasteiger partial charge in [-0.1, -0.05) is 36.9 Å². The summed E-state index contributed by atoms with van der Waals surface area (Å²) in [5.41, 5.74) is 2.01. The van der Waals surface area contributed by atoms with E-state index < -0.39 is 0 Å². The maximum absolute atomic E-state index is 12.2. The Kier molecular flexibility index (Phi) is 5.30. The zero-order valence-electron chi connectivity index (χ0n) is 12.2. The van der Waals surface area contributed by atoms with Crippen molar-refractivity contribution in [3.05, 3.63) is 28.8 Å². The molecule has 2 N–H and O–H groups in total. The van der Waals surface area contributed by atoms with Crippen LogP contribution < -0.4 is 10.6 Å². The molecule has 2 rings (SSSR count). The number of amides is 1. The van der Waals surface area contributed by atoms with Crippen LogP contribution in [0.15, 0.2) is 18.2 Å². The molecule has 1 aromatic rings. The van der Waals surface area contributed by atoms with Gasteiger partial charge in [-0.2, -0.15) is 0 Å². The van der Waals surface area contributed by atoms with Gasteiger partial charge in [-0.25, -0.2) is 0 Å². The minimum atomic E-state index is -0.255. The van der Waals surface area contributed by atoms with Crippen LogP contribution in [-0.2, 0) is 4.79 Å². The number of anilines is 1. The second-order valence-corrected chi connectivity index (χ2v) is 6.11. The fourth-order valence-corrected chi connectivity index (χ4v) is 2.79. The zero-order chi connectivity index (χ0) is 14.5. The van der Waals surface area contributed by atoms with Crippen LogP contribution in [0.3, 0.4) is 0 Å². The molecule has 0 saturated heterocycles. The molecule has 4 heteroatoms. The quantitative estimate of drug-likeness (QED) is 0.884. The van der Waals surface area contributed by atoms with E-state index >= 15 is 0 Å². The number of carbonyl (C=O) groups is 1. The molecule has 1 atom stereocenters. The Bertz CT molecular complexity index is 470. The van der Waals surface area contributed by atoms with Gasteiger partial charge in [0, 0.05) is 16.8 Å². The number of benzene rings is 1. The first-order valence-corrected chi connectivity index (χ1v) is 7.77. The first-order chi connectivity index (χ1) is 9.56. The van der Waals surface area contributed by atoms with E-state index in [0.29, 0.717) is 11.1 Å². The van der Waals surface area contributed by atoms with Gasteiger partial charge in [-0.15, -0.1) is 0 Å². The third-order valence-electron chi connectivity index (χ3n) is 3.92. The molecule has 0 radical (unpaired) electrons. The molecule has 1 aliphatic carbocycles. The SMILES string of the molecule is Cc1ccc(Cl)cc1NC(C)C(=O)NC1CCCCC1. The molecule has 3 nitrogen and oxygen atoms in total. The highest BCUT2D eigenvalue weighted by atomic mass is 35.5. The Morgan fingerprint density at radius 1 is 1.30 bits per heavy atom. The van der Waals surface area contributed by atoms with Crippen molar-refractivity contribution in [3.63, 3.8) is 0 Å². The number of carbonyl (C=O) groups excluding carboxylic acids is 1. The van der Waals surface area contributed by atoms with E-state index in [4.69, 9.17) is 11.6 Å². The van der Waals surface area contributed by atoms with Gasteiger partial charge in [0.1, 0.15) is 6.04 Å². The Morgan fingerprint density at radius 3 is 2.70 bits per heavy atom. The van der Waals surface area contributed by atoms with E-state index in [0.717, 1.165) is 24.1 Å². The molecule has 1 aliphatic rings. The third-order valence-corrected chi connectivity index (χ3v) is 4.15. The van der Waals surface area contributed by atoms with Crippen LogP contribution in [-0.4, -0.2) is 18.0 Å². The fourth-order valence-electron chi connectivity index (χ4n) is 2.62. The van der Waals surface area contributed by atoms with Crippen molar-refractivity contribution in [2.24, 2.45) is 0 Å². The van der Waals surface area contributed by atoms with Crippen molar-refractivity contribution in [1.82, 2.24) is 5.32 Å². The monoisotopic (exact) mass is 294 g/mol. The summed E-state index contributed by atoms with van der Waals surface area (Å²) in [6.07, 6.45) is 5.95. The van der Waals surface area contributed by atoms with Crippen LogP contribution >= 0.6 is 11.6 Å². The molecule has 110 valence electrons. The maximum atomic E-state index is 12.2. The smallest absolute Gasteiger partial charge is 0.242 e. The average molecular weight is 295 g/mol. The minimum absolute atomic E-state index is 0.0660. The lowest BCUT2D eigenvalue weighted by atomic mass is 9.95. The molecule has 0 heterocycles. The molecule has 1 fully saturated rings. The van der Waals surface area contributed by atoms with E-state index in [9.17, 15) is 4.79 Å². The minimum Gasteiger partial charge on any atom is -0.374 e. The van der Waals surface area contributed by atoms with Crippen LogP contribution in [0.25, 0.3) is 0 Å². The summed E-state index contributed by atoms with van der Waals surface area (Å²) in [5.74, 6) is 0.0660. The molecule has 0 bridgehead atoms. The average Bonchev–Trinajstić information content (AvgIpc) is 2.44. The van der Waals surface area contributed by atoms with Crippen molar-refractivity contribution >= 4 is 23.2 Å². The largest absolute Gasteiger partial charge is 0.374 e. The predicted octanol–water partition coefficient (Wildman–Crippen LogP) is 3.90. The second kappa shape index (κ2) is 6.98. The highest BCUT2D eigenvalue weighted by Crippen LogP contribution is 2.21. The summed E-state index contributed by atoms with van der Waals surface area (Å²) in [6.45, 7) is 3.89. The van der Waals surface area contributed by atoms with Crippen molar-refractivity contribution in [3.8, 4) is 0 Å². The number of nitrogens with one attached hydrogen (secondary N) is 2. The molecule has 1 amide bonds. The van der Waals surface area contributed by atoms with Crippen LogP contribution in [0.1, 0.15) is 44.6 Å². The van der Waals surface area contributed by atoms with Crippen LogP contribution in [0.5, 0.6) is 0 Å². The fraction of sp³-hybridized carbons (Fsp3) is 0.562. The van der Waals surface area contributed by atoms with Gasteiger partial charge in [0.25, 0.3) is 0 Å². The highest BCUT2D eigenvalue weighted by molar-refractivity contribution is 6.30. The Hall–Kier alpha value is -1.22. The summed E-state index contributed by atoms with van der Waals surface area (Å²) in [4.78, 5) is 12.2. The number of hydrogen-bond donors (Lipinski definition) is 2. The van der Waals surface area contributed by atoms with Crippen molar-refractivity contribution in [2.45, 2.75) is 58.0 Å². The van der Waals surface area contributed by atoms with Gasteiger partial charge in [0.2, 0.25) is 5.91 Å². The number of aryl methyl sites for hydroxylation is 1. The van der Waals surface area contributed by atoms with E-state index in [1.165, 1.54) is 19.3 Å². The summed E-state index contributed by atoms with van der Waals surface area (Å²) >= 11 is 5.99. The van der Waals surface area contributed by atoms with Gasteiger partial charge in [-0.05, 0) is 44.4 Å². The van der Waals surface area contributed by atoms with Crippen LogP contribution in [0.4, 0.5) is 5.69 Å². The van der Waals surface area contributed by atoms with Crippen LogP contribution in [0, 0.1) is 6.92 Å². The van der Waals surface area contributed by atoms with Gasteiger partial charge in [0.05, 0.1) is 0 Å². The standard InChI is InChI=1S/C16H23ClN2O/c1-11-8-9-13(17)10-15(11)18-12(2)16(20)19-14-6-4-3-5-7-14/h8-10,12,14,18H,3-7H2,1-2H3,(H,19,20). The molecule has 0 spiro atoms. The number of hydrogen-bond acceptors (Lipinski definition) is 2. The lowest BCUT2D eigenvalue weighted by Gasteiger charge is -2.25. The topological polar surface area (TPSA) is 41.1 Å². The summed E-state index contributed by atoms with van der Waals surface area (Å²) in [5, 5.41) is 7.06. The van der Waals surface area contributed by atoms with E-state index in [1.54, 1.807) is 0 Å². The Labute approximate surface area is 126 Å². The van der Waals surface area contributed by atoms with Gasteiger partial charge in [0.15, 0.2) is 0 Å². The molecular weight excluding hydrogens is 272 g/mol. The molecule has 0 aliphatic heterocycles. The lowest BCUT2D eigenvalue weighted by Crippen LogP contribution is -2.44. The summed E-state index contributed by atoms with van der Waals surface area (Å²) < 4.78 is 0. The lowest BCUT2D eigenvalue weighted by molar-refractivity contribution is -0.122. The van der Waals surface area contributed by atoms with Crippen molar-refractivity contribution in [2.75, 3.05) is 5.32 Å². The number of halogens is 1. The molecule has 1 unspecified atom stereocenters. The highest BCUT2D eigenvalue weighted by Gasteiger charge is 2.19. The molecule has 1 saturated carbocycles. The molecule has 20 heavy (non-hydrogen) atoms. The maximum Gasteiger partial charge on any atom is 0.242 e. The summed E-state index contributed by atoms with van der Waals surface area (Å²) in [7, 11) is 0. The van der Waals surface area contributed by atoms with E-state index in [1.807, 2.05) is 32.0 Å². The van der Waals surface area contributed by atoms with Crippen molar-refractivity contribution in [1.29, 1.82) is 0 Å². The molecular formula is C16H23ClN2O. The zero-order valence-corrected chi connectivity index (χ0v) is 13.0. The second-order valence-electron chi connectivity index (χ2n) is 5.67. The Morgan fingerprint density at radius 2 is 2.00 bits per heavy atom. The molecule has 1 aromatic carbocycles. The first-order valence-electron chi connectivity index (χ1n) is 7.39. The molecule has 0 aromatic heterocycles. The van der Waals surface area contributed by atoms with E-state index in [-0.39, 0.29) is 11.9 Å². The number of rotatable bonds is 4. The summed E-state index contributed by atoms with van der Waals surface area (Å²) in [6, 6.07) is 5.77. The van der Waals surface area contributed by atoms with Crippen LogP contribution in [0.2, 0.25) is 5.02 Å². The van der Waals surface area contributed by atoms with Gasteiger partial charge in [-0.3, -0.25) is 4.79 Å². The normalized spacial score (nSPS) is 17.6. The van der Waals surface area contributed by atoms with Gasteiger partial charge < -0.3 is 10.6 Å². The Balaban J connectivity index is 1.91.